The third kappa shape index (κ3) is 4.89. The Morgan fingerprint density at radius 1 is 1.47 bits per heavy atom. The van der Waals surface area contributed by atoms with Crippen LogP contribution in [0.1, 0.15) is 12.6 Å². The van der Waals surface area contributed by atoms with Gasteiger partial charge in [-0.25, -0.2) is 9.78 Å². The van der Waals surface area contributed by atoms with E-state index < -0.39 is 43.2 Å². The first-order valence-electron chi connectivity index (χ1n) is 8.81. The highest BCUT2D eigenvalue weighted by Crippen LogP contribution is 2.40. The van der Waals surface area contributed by atoms with Gasteiger partial charge in [-0.1, -0.05) is 0 Å². The number of nitrogen functional groups attached to an aromatic ring is 1. The second-order valence-corrected chi connectivity index (χ2v) is 9.47. The normalized spacial score (nSPS) is 20.8. The predicted octanol–water partition coefficient (Wildman–Crippen LogP) is 0.120. The molecule has 3 rings (SSSR count). The van der Waals surface area contributed by atoms with Gasteiger partial charge in [-0.15, -0.1) is 27.7 Å². The number of hydrogen-bond acceptors (Lipinski definition) is 12. The van der Waals surface area contributed by atoms with E-state index in [0.29, 0.717) is 0 Å². The molecule has 1 unspecified atom stereocenters. The number of carbonyl (C=O) groups is 4. The Morgan fingerprint density at radius 3 is 2.75 bits per heavy atom. The summed E-state index contributed by atoms with van der Waals surface area (Å²) in [5.74, 6) is -3.25. The molecule has 0 aliphatic carbocycles. The summed E-state index contributed by atoms with van der Waals surface area (Å²) in [7, 11) is -2.16. The second kappa shape index (κ2) is 9.63. The number of carboxylic acid groups (broad SMARTS) is 1. The number of nitrogens with one attached hydrogen (secondary N) is 1. The van der Waals surface area contributed by atoms with Crippen LogP contribution >= 0.6 is 31.1 Å². The van der Waals surface area contributed by atoms with Crippen molar-refractivity contribution in [1.82, 2.24) is 15.2 Å². The summed E-state index contributed by atoms with van der Waals surface area (Å²) in [6.07, 6.45) is 0. The molecule has 0 saturated carbocycles. The standard InChI is InChI=1S/C16H16N5O8PS2/c1-6(22)28-3-7-4-31-14-10(13(24)21(14)11(7)15(25)26)19-12(23)9(20-29-30(2)27)8-5-32-16(17)18-8/h5,10,14H,3-4H2,1-2H3,(H3-,17,18,19,23,25,26)/p+1/t10-,14+/m0/s1. The number of thioether (sulfide) groups is 1. The maximum atomic E-state index is 12.8. The zero-order chi connectivity index (χ0) is 23.6. The van der Waals surface area contributed by atoms with Crippen LogP contribution in [0.4, 0.5) is 5.13 Å². The van der Waals surface area contributed by atoms with E-state index in [9.17, 15) is 28.8 Å². The number of anilines is 1. The number of β-lactam (4-membered cyclic amide) rings is 1. The van der Waals surface area contributed by atoms with Gasteiger partial charge in [0.1, 0.15) is 29.4 Å². The molecule has 1 aromatic rings. The average molecular weight is 502 g/mol. The Labute approximate surface area is 189 Å². The molecular formula is C16H17N5O8PS2+. The van der Waals surface area contributed by atoms with Gasteiger partial charge < -0.3 is 20.9 Å². The number of oxime groups is 1. The lowest BCUT2D eigenvalue weighted by Gasteiger charge is -2.49. The van der Waals surface area contributed by atoms with E-state index in [1.165, 1.54) is 30.7 Å². The van der Waals surface area contributed by atoms with Crippen LogP contribution in [0.2, 0.25) is 0 Å². The smallest absolute Gasteiger partial charge is 0.477 e. The molecule has 0 spiro atoms. The van der Waals surface area contributed by atoms with E-state index in [2.05, 4.69) is 15.5 Å². The maximum Gasteiger partial charge on any atom is 0.579 e. The van der Waals surface area contributed by atoms with Gasteiger partial charge in [0.25, 0.3) is 11.8 Å². The fourth-order valence-electron chi connectivity index (χ4n) is 2.89. The molecule has 0 radical (unpaired) electrons. The molecule has 32 heavy (non-hydrogen) atoms. The summed E-state index contributed by atoms with van der Waals surface area (Å²) >= 11 is 2.25. The summed E-state index contributed by atoms with van der Waals surface area (Å²) in [5.41, 5.74) is 5.31. The maximum absolute atomic E-state index is 12.8. The van der Waals surface area contributed by atoms with Gasteiger partial charge in [-0.05, 0) is 9.72 Å². The van der Waals surface area contributed by atoms with Crippen LogP contribution in [0.25, 0.3) is 0 Å². The quantitative estimate of drug-likeness (QED) is 0.144. The van der Waals surface area contributed by atoms with E-state index in [0.717, 1.165) is 16.2 Å². The van der Waals surface area contributed by atoms with Crippen LogP contribution in [0.5, 0.6) is 0 Å². The topological polar surface area (TPSA) is 191 Å². The molecule has 2 aliphatic rings. The lowest BCUT2D eigenvalue weighted by molar-refractivity contribution is -0.150. The number of fused-ring (bicyclic) bond motifs is 1. The molecule has 4 N–H and O–H groups in total. The average Bonchev–Trinajstić information content (AvgIpc) is 3.15. The van der Waals surface area contributed by atoms with Crippen LogP contribution in [0, 0.1) is 0 Å². The van der Waals surface area contributed by atoms with Gasteiger partial charge >= 0.3 is 20.0 Å². The first-order chi connectivity index (χ1) is 15.1. The summed E-state index contributed by atoms with van der Waals surface area (Å²) in [4.78, 5) is 53.3. The van der Waals surface area contributed by atoms with Gasteiger partial charge in [-0.2, -0.15) is 0 Å². The highest BCUT2D eigenvalue weighted by Gasteiger charge is 2.54. The largest absolute Gasteiger partial charge is 0.579 e. The first kappa shape index (κ1) is 23.6. The number of nitrogens with zero attached hydrogens (tertiary/aromatic N) is 3. The van der Waals surface area contributed by atoms with Crippen molar-refractivity contribution in [2.75, 3.05) is 24.8 Å². The van der Waals surface area contributed by atoms with Crippen LogP contribution in [0.3, 0.4) is 0 Å². The minimum absolute atomic E-state index is 0.0663. The van der Waals surface area contributed by atoms with Crippen LogP contribution in [-0.2, 0) is 33.1 Å². The van der Waals surface area contributed by atoms with Crippen molar-refractivity contribution in [1.29, 1.82) is 0 Å². The number of aromatic nitrogens is 1. The predicted molar refractivity (Wildman–Crippen MR) is 114 cm³/mol. The molecule has 1 saturated heterocycles. The van der Waals surface area contributed by atoms with Crippen molar-refractivity contribution in [2.24, 2.45) is 5.16 Å². The number of rotatable bonds is 8. The summed E-state index contributed by atoms with van der Waals surface area (Å²) < 4.78 is 20.8. The molecule has 170 valence electrons. The van der Waals surface area contributed by atoms with E-state index in [1.807, 2.05) is 0 Å². The molecule has 0 aromatic carbocycles. The van der Waals surface area contributed by atoms with Crippen LogP contribution < -0.4 is 11.1 Å². The Bertz CT molecular complexity index is 1070. The Kier molecular flexibility index (Phi) is 7.11. The second-order valence-electron chi connectivity index (χ2n) is 6.43. The number of nitrogens with two attached hydrogens (primary N) is 1. The van der Waals surface area contributed by atoms with Crippen molar-refractivity contribution < 1.29 is 38.2 Å². The Hall–Kier alpha value is -3.03. The zero-order valence-corrected chi connectivity index (χ0v) is 19.2. The number of aliphatic carboxylic acids is 1. The molecule has 1 aromatic heterocycles. The third-order valence-corrected chi connectivity index (χ3v) is 6.54. The van der Waals surface area contributed by atoms with Gasteiger partial charge in [0.2, 0.25) is 0 Å². The number of carboxylic acids is 1. The zero-order valence-electron chi connectivity index (χ0n) is 16.6. The Morgan fingerprint density at radius 2 is 2.19 bits per heavy atom. The number of ether oxygens (including phenoxy) is 1. The summed E-state index contributed by atoms with van der Waals surface area (Å²) in [5, 5.41) is 16.5. The van der Waals surface area contributed by atoms with Crippen molar-refractivity contribution in [3.05, 3.63) is 22.3 Å². The van der Waals surface area contributed by atoms with Crippen LogP contribution in [-0.4, -0.2) is 74.9 Å². The van der Waals surface area contributed by atoms with Gasteiger partial charge in [0, 0.05) is 23.6 Å². The van der Waals surface area contributed by atoms with E-state index in [1.54, 1.807) is 0 Å². The number of esters is 1. The molecular weight excluding hydrogens is 485 g/mol. The fraction of sp³-hybridized carbons (Fsp3) is 0.375. The number of carbonyl (C=O) groups excluding carboxylic acids is 3. The minimum atomic E-state index is -2.16. The third-order valence-electron chi connectivity index (χ3n) is 4.21. The lowest BCUT2D eigenvalue weighted by atomic mass is 10.0. The summed E-state index contributed by atoms with van der Waals surface area (Å²) in [6.45, 7) is 2.17. The SMILES string of the molecule is CC(=O)OCC1=C(C(=O)O)N2C(=O)[C@H](NC(=O)C(=NO[P+](C)=O)c3csc(N)n3)[C@H]2SC1. The van der Waals surface area contributed by atoms with Crippen molar-refractivity contribution in [3.63, 3.8) is 0 Å². The number of thiazole rings is 1. The monoisotopic (exact) mass is 502 g/mol. The molecule has 13 nitrogen and oxygen atoms in total. The molecule has 0 bridgehead atoms. The van der Waals surface area contributed by atoms with Crippen molar-refractivity contribution in [2.45, 2.75) is 18.3 Å². The number of amides is 2. The van der Waals surface area contributed by atoms with E-state index in [-0.39, 0.29) is 40.2 Å². The van der Waals surface area contributed by atoms with Gasteiger partial charge in [-0.3, -0.25) is 19.3 Å². The van der Waals surface area contributed by atoms with E-state index >= 15 is 0 Å². The molecule has 3 heterocycles. The van der Waals surface area contributed by atoms with Gasteiger partial charge in [0.05, 0.1) is 0 Å². The highest BCUT2D eigenvalue weighted by molar-refractivity contribution is 8.00. The molecule has 16 heteroatoms. The molecule has 1 fully saturated rings. The lowest BCUT2D eigenvalue weighted by Crippen LogP contribution is -2.71. The van der Waals surface area contributed by atoms with E-state index in [4.69, 9.17) is 15.1 Å². The molecule has 2 aliphatic heterocycles. The number of hydrogen-bond donors (Lipinski definition) is 3. The first-order valence-corrected chi connectivity index (χ1v) is 12.4. The fourth-order valence-corrected chi connectivity index (χ4v) is 4.96. The van der Waals surface area contributed by atoms with Crippen molar-refractivity contribution in [3.8, 4) is 0 Å². The molecule has 2 amide bonds. The Balaban J connectivity index is 1.79. The minimum Gasteiger partial charge on any atom is -0.477 e. The van der Waals surface area contributed by atoms with Crippen LogP contribution in [0.15, 0.2) is 21.8 Å². The van der Waals surface area contributed by atoms with Gasteiger partial charge in [0.15, 0.2) is 17.5 Å². The molecule has 3 atom stereocenters. The van der Waals surface area contributed by atoms with Crippen molar-refractivity contribution >= 4 is 65.7 Å². The summed E-state index contributed by atoms with van der Waals surface area (Å²) in [6, 6.07) is -1.05. The highest BCUT2D eigenvalue weighted by atomic mass is 32.2.